The number of amides is 2. The standard InChI is InChI=1S/C16H23N3O2.ClH/c1-18-12-14(11-15(18)20)16(21)19(10-8-17)9-7-13-5-3-2-4-6-13;/h2-6,14H,7-12,17H2,1H3;1H. The molecule has 1 atom stereocenters. The van der Waals surface area contributed by atoms with Crippen LogP contribution in [-0.2, 0) is 16.0 Å². The minimum atomic E-state index is -0.218. The molecular weight excluding hydrogens is 302 g/mol. The maximum absolute atomic E-state index is 12.5. The van der Waals surface area contributed by atoms with Crippen molar-refractivity contribution in [2.24, 2.45) is 11.7 Å². The summed E-state index contributed by atoms with van der Waals surface area (Å²) in [5.41, 5.74) is 6.82. The van der Waals surface area contributed by atoms with Crippen LogP contribution < -0.4 is 5.73 Å². The van der Waals surface area contributed by atoms with Crippen LogP contribution in [0.2, 0.25) is 0 Å². The van der Waals surface area contributed by atoms with Crippen LogP contribution in [-0.4, -0.2) is 54.8 Å². The van der Waals surface area contributed by atoms with Crippen LogP contribution in [0.5, 0.6) is 0 Å². The van der Waals surface area contributed by atoms with Crippen molar-refractivity contribution in [1.29, 1.82) is 0 Å². The fourth-order valence-electron chi connectivity index (χ4n) is 2.68. The quantitative estimate of drug-likeness (QED) is 0.845. The second kappa shape index (κ2) is 8.76. The molecule has 5 nitrogen and oxygen atoms in total. The largest absolute Gasteiger partial charge is 0.345 e. The highest BCUT2D eigenvalue weighted by atomic mass is 35.5. The predicted molar refractivity (Wildman–Crippen MR) is 88.8 cm³/mol. The third kappa shape index (κ3) is 4.71. The van der Waals surface area contributed by atoms with Crippen LogP contribution in [0.1, 0.15) is 12.0 Å². The van der Waals surface area contributed by atoms with E-state index in [2.05, 4.69) is 12.1 Å². The van der Waals surface area contributed by atoms with Crippen LogP contribution >= 0.6 is 12.4 Å². The van der Waals surface area contributed by atoms with Crippen LogP contribution in [0.25, 0.3) is 0 Å². The summed E-state index contributed by atoms with van der Waals surface area (Å²) in [5, 5.41) is 0. The van der Waals surface area contributed by atoms with E-state index in [1.807, 2.05) is 18.2 Å². The predicted octanol–water partition coefficient (Wildman–Crippen LogP) is 0.917. The molecule has 0 bridgehead atoms. The average molecular weight is 326 g/mol. The first-order valence-corrected chi connectivity index (χ1v) is 7.38. The summed E-state index contributed by atoms with van der Waals surface area (Å²) >= 11 is 0. The minimum absolute atomic E-state index is 0. The molecule has 1 heterocycles. The number of carbonyl (C=O) groups is 2. The van der Waals surface area contributed by atoms with Gasteiger partial charge in [0.25, 0.3) is 0 Å². The Bertz CT molecular complexity index is 495. The Morgan fingerprint density at radius 1 is 1.32 bits per heavy atom. The molecule has 1 aliphatic rings. The van der Waals surface area contributed by atoms with Crippen molar-refractivity contribution in [3.8, 4) is 0 Å². The molecule has 1 saturated heterocycles. The van der Waals surface area contributed by atoms with Gasteiger partial charge in [-0.1, -0.05) is 30.3 Å². The Hall–Kier alpha value is -1.59. The van der Waals surface area contributed by atoms with Gasteiger partial charge in [-0.15, -0.1) is 12.4 Å². The van der Waals surface area contributed by atoms with Crippen molar-refractivity contribution < 1.29 is 9.59 Å². The Labute approximate surface area is 137 Å². The molecule has 2 N–H and O–H groups in total. The van der Waals surface area contributed by atoms with Gasteiger partial charge in [0.2, 0.25) is 11.8 Å². The van der Waals surface area contributed by atoms with E-state index in [0.717, 1.165) is 6.42 Å². The van der Waals surface area contributed by atoms with E-state index in [-0.39, 0.29) is 30.1 Å². The lowest BCUT2D eigenvalue weighted by atomic mass is 10.1. The first-order chi connectivity index (χ1) is 10.1. The Morgan fingerprint density at radius 3 is 2.55 bits per heavy atom. The molecule has 2 rings (SSSR count). The van der Waals surface area contributed by atoms with Gasteiger partial charge in [-0.3, -0.25) is 9.59 Å². The van der Waals surface area contributed by atoms with Gasteiger partial charge in [0.05, 0.1) is 5.92 Å². The van der Waals surface area contributed by atoms with Gasteiger partial charge < -0.3 is 15.5 Å². The second-order valence-corrected chi connectivity index (χ2v) is 5.52. The fraction of sp³-hybridized carbons (Fsp3) is 0.500. The Balaban J connectivity index is 0.00000242. The molecule has 0 radical (unpaired) electrons. The average Bonchev–Trinajstić information content (AvgIpc) is 2.83. The van der Waals surface area contributed by atoms with Crippen molar-refractivity contribution >= 4 is 24.2 Å². The number of likely N-dealkylation sites (tertiary alicyclic amines) is 1. The highest BCUT2D eigenvalue weighted by Crippen LogP contribution is 2.18. The normalized spacial score (nSPS) is 17.3. The van der Waals surface area contributed by atoms with Gasteiger partial charge in [0.1, 0.15) is 0 Å². The molecule has 1 aromatic rings. The lowest BCUT2D eigenvalue weighted by Gasteiger charge is -2.25. The molecule has 0 saturated carbocycles. The fourth-order valence-corrected chi connectivity index (χ4v) is 2.68. The van der Waals surface area contributed by atoms with Crippen LogP contribution in [0.3, 0.4) is 0 Å². The van der Waals surface area contributed by atoms with Crippen LogP contribution in [0, 0.1) is 5.92 Å². The van der Waals surface area contributed by atoms with E-state index >= 15 is 0 Å². The first-order valence-electron chi connectivity index (χ1n) is 7.38. The molecule has 6 heteroatoms. The molecule has 122 valence electrons. The third-order valence-electron chi connectivity index (χ3n) is 3.91. The summed E-state index contributed by atoms with van der Waals surface area (Å²) in [6, 6.07) is 10.1. The van der Waals surface area contributed by atoms with E-state index in [1.165, 1.54) is 5.56 Å². The smallest absolute Gasteiger partial charge is 0.228 e. The zero-order valence-corrected chi connectivity index (χ0v) is 13.7. The number of benzene rings is 1. The van der Waals surface area contributed by atoms with E-state index in [9.17, 15) is 9.59 Å². The maximum atomic E-state index is 12.5. The molecule has 0 spiro atoms. The number of hydrogen-bond donors (Lipinski definition) is 1. The molecule has 0 aliphatic carbocycles. The second-order valence-electron chi connectivity index (χ2n) is 5.52. The third-order valence-corrected chi connectivity index (χ3v) is 3.91. The number of carbonyl (C=O) groups excluding carboxylic acids is 2. The van der Waals surface area contributed by atoms with Gasteiger partial charge >= 0.3 is 0 Å². The number of hydrogen-bond acceptors (Lipinski definition) is 3. The first kappa shape index (κ1) is 18.5. The lowest BCUT2D eigenvalue weighted by Crippen LogP contribution is -2.41. The highest BCUT2D eigenvalue weighted by Gasteiger charge is 2.34. The van der Waals surface area contributed by atoms with Gasteiger partial charge in [0.15, 0.2) is 0 Å². The van der Waals surface area contributed by atoms with Crippen LogP contribution in [0.15, 0.2) is 30.3 Å². The van der Waals surface area contributed by atoms with Gasteiger partial charge in [0, 0.05) is 39.6 Å². The van der Waals surface area contributed by atoms with Gasteiger partial charge in [-0.05, 0) is 12.0 Å². The molecule has 1 unspecified atom stereocenters. The lowest BCUT2D eigenvalue weighted by molar-refractivity contribution is -0.135. The molecule has 1 aliphatic heterocycles. The SMILES string of the molecule is CN1CC(C(=O)N(CCN)CCc2ccccc2)CC1=O.Cl. The Morgan fingerprint density at radius 2 is 2.00 bits per heavy atom. The maximum Gasteiger partial charge on any atom is 0.228 e. The van der Waals surface area contributed by atoms with Crippen molar-refractivity contribution in [3.63, 3.8) is 0 Å². The van der Waals surface area contributed by atoms with Crippen molar-refractivity contribution in [1.82, 2.24) is 9.80 Å². The number of rotatable bonds is 6. The van der Waals surface area contributed by atoms with Crippen molar-refractivity contribution in [3.05, 3.63) is 35.9 Å². The van der Waals surface area contributed by atoms with Crippen molar-refractivity contribution in [2.45, 2.75) is 12.8 Å². The topological polar surface area (TPSA) is 66.6 Å². The molecule has 1 aromatic carbocycles. The zero-order valence-electron chi connectivity index (χ0n) is 12.9. The summed E-state index contributed by atoms with van der Waals surface area (Å²) in [4.78, 5) is 27.5. The summed E-state index contributed by atoms with van der Waals surface area (Å²) in [7, 11) is 1.74. The number of nitrogens with two attached hydrogens (primary N) is 1. The van der Waals surface area contributed by atoms with Gasteiger partial charge in [-0.25, -0.2) is 0 Å². The van der Waals surface area contributed by atoms with E-state index in [4.69, 9.17) is 5.73 Å². The van der Waals surface area contributed by atoms with E-state index in [0.29, 0.717) is 32.6 Å². The molecule has 1 fully saturated rings. The molecular formula is C16H24ClN3O2. The monoisotopic (exact) mass is 325 g/mol. The summed E-state index contributed by atoms with van der Waals surface area (Å²) < 4.78 is 0. The summed E-state index contributed by atoms with van der Waals surface area (Å²) in [6.45, 7) is 2.15. The van der Waals surface area contributed by atoms with E-state index in [1.54, 1.807) is 16.8 Å². The number of nitrogens with zero attached hydrogens (tertiary/aromatic N) is 2. The van der Waals surface area contributed by atoms with Crippen molar-refractivity contribution in [2.75, 3.05) is 33.2 Å². The summed E-state index contributed by atoms with van der Waals surface area (Å²) in [5.74, 6) is -0.122. The zero-order chi connectivity index (χ0) is 15.2. The Kier molecular flexibility index (Phi) is 7.35. The van der Waals surface area contributed by atoms with Crippen LogP contribution in [0.4, 0.5) is 0 Å². The van der Waals surface area contributed by atoms with Gasteiger partial charge in [-0.2, -0.15) is 0 Å². The molecule has 22 heavy (non-hydrogen) atoms. The molecule has 0 aromatic heterocycles. The van der Waals surface area contributed by atoms with E-state index < -0.39 is 0 Å². The summed E-state index contributed by atoms with van der Waals surface area (Å²) in [6.07, 6.45) is 1.13. The minimum Gasteiger partial charge on any atom is -0.345 e. The number of halogens is 1. The molecule has 2 amide bonds. The highest BCUT2D eigenvalue weighted by molar-refractivity contribution is 5.89.